The fourth-order valence-corrected chi connectivity index (χ4v) is 2.69. The first kappa shape index (κ1) is 14.4. The van der Waals surface area contributed by atoms with Crippen LogP contribution in [0.15, 0.2) is 35.5 Å². The molecular weight excluding hydrogens is 274 g/mol. The number of nitrogens with zero attached hydrogens (tertiary/aromatic N) is 2. The van der Waals surface area contributed by atoms with Crippen LogP contribution in [0.1, 0.15) is 10.8 Å². The van der Waals surface area contributed by atoms with E-state index in [9.17, 15) is 0 Å². The Labute approximate surface area is 121 Å². The van der Waals surface area contributed by atoms with E-state index in [0.29, 0.717) is 23.3 Å². The van der Waals surface area contributed by atoms with Gasteiger partial charge in [-0.15, -0.1) is 0 Å². The Balaban J connectivity index is 2.23. The van der Waals surface area contributed by atoms with Crippen LogP contribution in [0.3, 0.4) is 0 Å². The van der Waals surface area contributed by atoms with Gasteiger partial charge in [0.15, 0.2) is 5.16 Å². The second-order valence-corrected chi connectivity index (χ2v) is 5.29. The van der Waals surface area contributed by atoms with Crippen molar-refractivity contribution < 1.29 is 4.74 Å². The summed E-state index contributed by atoms with van der Waals surface area (Å²) in [6.07, 6.45) is 0. The summed E-state index contributed by atoms with van der Waals surface area (Å²) < 4.78 is 5.22. The van der Waals surface area contributed by atoms with Crippen molar-refractivity contribution in [3.05, 3.63) is 35.9 Å². The molecule has 2 rings (SSSR count). The molecule has 1 atom stereocenters. The Kier molecular flexibility index (Phi) is 4.65. The number of benzene rings is 1. The van der Waals surface area contributed by atoms with Crippen LogP contribution >= 0.6 is 11.8 Å². The molecule has 0 saturated carbocycles. The Bertz CT molecular complexity index is 572. The summed E-state index contributed by atoms with van der Waals surface area (Å²) in [5.41, 5.74) is 18.2. The van der Waals surface area contributed by atoms with E-state index < -0.39 is 0 Å². The summed E-state index contributed by atoms with van der Waals surface area (Å²) in [6, 6.07) is 9.26. The van der Waals surface area contributed by atoms with Crippen LogP contribution in [0.5, 0.6) is 5.75 Å². The zero-order valence-electron chi connectivity index (χ0n) is 11.1. The lowest BCUT2D eigenvalue weighted by molar-refractivity contribution is 0.414. The molecule has 0 saturated heterocycles. The van der Waals surface area contributed by atoms with E-state index in [4.69, 9.17) is 21.9 Å². The summed E-state index contributed by atoms with van der Waals surface area (Å²) in [5, 5.41) is 0.520. The van der Waals surface area contributed by atoms with E-state index in [0.717, 1.165) is 11.3 Å². The van der Waals surface area contributed by atoms with E-state index in [2.05, 4.69) is 9.97 Å². The molecule has 20 heavy (non-hydrogen) atoms. The van der Waals surface area contributed by atoms with Crippen LogP contribution in [-0.2, 0) is 0 Å². The molecule has 0 amide bonds. The summed E-state index contributed by atoms with van der Waals surface area (Å²) in [5.74, 6) is 1.48. The van der Waals surface area contributed by atoms with Gasteiger partial charge in [0.1, 0.15) is 17.4 Å². The average Bonchev–Trinajstić information content (AvgIpc) is 2.44. The highest BCUT2D eigenvalue weighted by Gasteiger charge is 2.14. The highest BCUT2D eigenvalue weighted by molar-refractivity contribution is 7.99. The third kappa shape index (κ3) is 3.52. The minimum Gasteiger partial charge on any atom is -0.497 e. The standard InChI is InChI=1S/C13H17N5OS/c1-19-9-4-2-3-8(5-9)10(7-14)20-13-17-11(15)6-12(16)18-13/h2-6,10H,7,14H2,1H3,(H4,15,16,17,18). The molecule has 0 aliphatic rings. The van der Waals surface area contributed by atoms with Gasteiger partial charge >= 0.3 is 0 Å². The van der Waals surface area contributed by atoms with Crippen molar-refractivity contribution >= 4 is 23.4 Å². The summed E-state index contributed by atoms with van der Waals surface area (Å²) in [6.45, 7) is 0.440. The number of nitrogens with two attached hydrogens (primary N) is 3. The molecule has 106 valence electrons. The second kappa shape index (κ2) is 6.44. The first-order valence-corrected chi connectivity index (χ1v) is 6.91. The molecule has 1 aromatic carbocycles. The van der Waals surface area contributed by atoms with Gasteiger partial charge in [0.2, 0.25) is 0 Å². The first-order chi connectivity index (χ1) is 9.62. The van der Waals surface area contributed by atoms with Gasteiger partial charge in [-0.3, -0.25) is 0 Å². The van der Waals surface area contributed by atoms with Crippen LogP contribution in [0.25, 0.3) is 0 Å². The number of hydrogen-bond acceptors (Lipinski definition) is 7. The van der Waals surface area contributed by atoms with Crippen LogP contribution < -0.4 is 21.9 Å². The predicted molar refractivity (Wildman–Crippen MR) is 81.5 cm³/mol. The fourth-order valence-electron chi connectivity index (χ4n) is 1.74. The highest BCUT2D eigenvalue weighted by Crippen LogP contribution is 2.34. The number of nitrogen functional groups attached to an aromatic ring is 2. The molecule has 1 unspecified atom stereocenters. The molecule has 7 heteroatoms. The molecule has 0 fully saturated rings. The summed E-state index contributed by atoms with van der Waals surface area (Å²) in [7, 11) is 1.63. The zero-order chi connectivity index (χ0) is 14.5. The molecular formula is C13H17N5OS. The van der Waals surface area contributed by atoms with Crippen molar-refractivity contribution in [3.63, 3.8) is 0 Å². The van der Waals surface area contributed by atoms with Gasteiger partial charge < -0.3 is 21.9 Å². The van der Waals surface area contributed by atoms with Crippen molar-refractivity contribution in [2.45, 2.75) is 10.4 Å². The fraction of sp³-hybridized carbons (Fsp3) is 0.231. The Morgan fingerprint density at radius 2 is 1.90 bits per heavy atom. The maximum Gasteiger partial charge on any atom is 0.192 e. The normalized spacial score (nSPS) is 12.1. The number of methoxy groups -OCH3 is 1. The molecule has 1 aromatic heterocycles. The van der Waals surface area contributed by atoms with Crippen molar-refractivity contribution in [3.8, 4) is 5.75 Å². The number of thioether (sulfide) groups is 1. The molecule has 2 aromatic rings. The van der Waals surface area contributed by atoms with Crippen molar-refractivity contribution in [1.82, 2.24) is 9.97 Å². The van der Waals surface area contributed by atoms with E-state index in [1.807, 2.05) is 24.3 Å². The first-order valence-electron chi connectivity index (χ1n) is 6.03. The Morgan fingerprint density at radius 1 is 1.20 bits per heavy atom. The molecule has 6 nitrogen and oxygen atoms in total. The third-order valence-electron chi connectivity index (χ3n) is 2.67. The number of aromatic nitrogens is 2. The maximum absolute atomic E-state index is 5.84. The number of ether oxygens (including phenoxy) is 1. The lowest BCUT2D eigenvalue weighted by Gasteiger charge is -2.15. The SMILES string of the molecule is COc1cccc(C(CN)Sc2nc(N)cc(N)n2)c1. The molecule has 0 aliphatic heterocycles. The lowest BCUT2D eigenvalue weighted by atomic mass is 10.1. The average molecular weight is 291 g/mol. The molecule has 0 radical (unpaired) electrons. The number of hydrogen-bond donors (Lipinski definition) is 3. The molecule has 0 bridgehead atoms. The van der Waals surface area contributed by atoms with Gasteiger partial charge in [-0.2, -0.15) is 0 Å². The third-order valence-corrected chi connectivity index (χ3v) is 3.82. The molecule has 0 spiro atoms. The Hall–Kier alpha value is -1.99. The van der Waals surface area contributed by atoms with Gasteiger partial charge in [0, 0.05) is 17.9 Å². The van der Waals surface area contributed by atoms with Crippen LogP contribution in [0, 0.1) is 0 Å². The van der Waals surface area contributed by atoms with Crippen LogP contribution in [0.2, 0.25) is 0 Å². The lowest BCUT2D eigenvalue weighted by Crippen LogP contribution is -2.10. The number of rotatable bonds is 5. The monoisotopic (exact) mass is 291 g/mol. The van der Waals surface area contributed by atoms with Gasteiger partial charge in [-0.05, 0) is 17.7 Å². The smallest absolute Gasteiger partial charge is 0.192 e. The van der Waals surface area contributed by atoms with E-state index in [-0.39, 0.29) is 5.25 Å². The predicted octanol–water partition coefficient (Wildman–Crippen LogP) is 1.44. The van der Waals surface area contributed by atoms with Crippen LogP contribution in [0.4, 0.5) is 11.6 Å². The van der Waals surface area contributed by atoms with Gasteiger partial charge in [0.05, 0.1) is 7.11 Å². The minimum absolute atomic E-state index is 0.00583. The highest BCUT2D eigenvalue weighted by atomic mass is 32.2. The molecule has 0 aliphatic carbocycles. The van der Waals surface area contributed by atoms with E-state index in [1.54, 1.807) is 7.11 Å². The van der Waals surface area contributed by atoms with E-state index >= 15 is 0 Å². The van der Waals surface area contributed by atoms with Crippen LogP contribution in [-0.4, -0.2) is 23.6 Å². The minimum atomic E-state index is 0.00583. The Morgan fingerprint density at radius 3 is 2.50 bits per heavy atom. The largest absolute Gasteiger partial charge is 0.497 e. The molecule has 1 heterocycles. The van der Waals surface area contributed by atoms with Gasteiger partial charge in [-0.1, -0.05) is 23.9 Å². The zero-order valence-corrected chi connectivity index (χ0v) is 11.9. The van der Waals surface area contributed by atoms with Crippen molar-refractivity contribution in [2.75, 3.05) is 25.1 Å². The maximum atomic E-state index is 5.84. The summed E-state index contributed by atoms with van der Waals surface area (Å²) in [4.78, 5) is 8.31. The number of anilines is 2. The molecule has 6 N–H and O–H groups in total. The second-order valence-electron chi connectivity index (χ2n) is 4.12. The van der Waals surface area contributed by atoms with E-state index in [1.165, 1.54) is 17.8 Å². The topological polar surface area (TPSA) is 113 Å². The van der Waals surface area contributed by atoms with Crippen molar-refractivity contribution in [2.24, 2.45) is 5.73 Å². The van der Waals surface area contributed by atoms with Gasteiger partial charge in [0.25, 0.3) is 0 Å². The van der Waals surface area contributed by atoms with Gasteiger partial charge in [-0.25, -0.2) is 9.97 Å². The quantitative estimate of drug-likeness (QED) is 0.564. The summed E-state index contributed by atoms with van der Waals surface area (Å²) >= 11 is 1.43. The van der Waals surface area contributed by atoms with Crippen molar-refractivity contribution in [1.29, 1.82) is 0 Å².